The second kappa shape index (κ2) is 9.39. The summed E-state index contributed by atoms with van der Waals surface area (Å²) in [6, 6.07) is 4.95. The number of halogens is 3. The molecule has 18 heavy (non-hydrogen) atoms. The summed E-state index contributed by atoms with van der Waals surface area (Å²) in [5, 5.41) is 0. The molecule has 1 aromatic carbocycles. The molecule has 0 atom stereocenters. The predicted molar refractivity (Wildman–Crippen MR) is 61.8 cm³/mol. The Morgan fingerprint density at radius 1 is 1.17 bits per heavy atom. The maximum atomic E-state index is 12.4. The molecule has 1 rings (SSSR count). The summed E-state index contributed by atoms with van der Waals surface area (Å²) in [6.07, 6.45) is 0.662. The van der Waals surface area contributed by atoms with Crippen LogP contribution in [0.25, 0.3) is 0 Å². The summed E-state index contributed by atoms with van der Waals surface area (Å²) >= 11 is 0. The molecule has 0 saturated carbocycles. The molecule has 0 saturated heterocycles. The van der Waals surface area contributed by atoms with Crippen molar-refractivity contribution >= 4 is 12.4 Å². The molecule has 0 bridgehead atoms. The molecule has 0 aliphatic carbocycles. The SMILES string of the molecule is CCOCCCOc1cccc([B-](F)(F)F)c1.[K+]. The van der Waals surface area contributed by atoms with Crippen molar-refractivity contribution in [3.05, 3.63) is 24.3 Å². The van der Waals surface area contributed by atoms with Crippen molar-refractivity contribution in [3.63, 3.8) is 0 Å². The van der Waals surface area contributed by atoms with E-state index in [2.05, 4.69) is 0 Å². The number of rotatable bonds is 7. The Balaban J connectivity index is 0.00000289. The minimum atomic E-state index is -4.96. The summed E-state index contributed by atoms with van der Waals surface area (Å²) in [7, 11) is 0. The molecule has 0 aliphatic rings. The van der Waals surface area contributed by atoms with E-state index in [-0.39, 0.29) is 57.1 Å². The van der Waals surface area contributed by atoms with Crippen molar-refractivity contribution in [1.29, 1.82) is 0 Å². The van der Waals surface area contributed by atoms with Crippen LogP contribution in [-0.4, -0.2) is 26.8 Å². The first-order chi connectivity index (χ1) is 8.04. The average molecular weight is 286 g/mol. The van der Waals surface area contributed by atoms with Gasteiger partial charge in [0.2, 0.25) is 0 Å². The van der Waals surface area contributed by atoms with Gasteiger partial charge in [0.1, 0.15) is 5.75 Å². The van der Waals surface area contributed by atoms with Crippen molar-refractivity contribution in [3.8, 4) is 5.75 Å². The van der Waals surface area contributed by atoms with Crippen molar-refractivity contribution in [2.24, 2.45) is 0 Å². The van der Waals surface area contributed by atoms with E-state index in [4.69, 9.17) is 9.47 Å². The molecule has 96 valence electrons. The van der Waals surface area contributed by atoms with Crippen LogP contribution in [0.5, 0.6) is 5.75 Å². The van der Waals surface area contributed by atoms with Gasteiger partial charge in [-0.05, 0) is 19.1 Å². The van der Waals surface area contributed by atoms with E-state index in [1.165, 1.54) is 12.1 Å². The largest absolute Gasteiger partial charge is 1.00 e. The van der Waals surface area contributed by atoms with E-state index in [1.54, 1.807) is 0 Å². The second-order valence-electron chi connectivity index (χ2n) is 3.55. The molecule has 0 radical (unpaired) electrons. The molecule has 0 unspecified atom stereocenters. The number of benzene rings is 1. The van der Waals surface area contributed by atoms with Gasteiger partial charge in [-0.2, -0.15) is 0 Å². The van der Waals surface area contributed by atoms with Gasteiger partial charge in [0, 0.05) is 19.6 Å². The fraction of sp³-hybridized carbons (Fsp3) is 0.455. The zero-order chi connectivity index (χ0) is 12.7. The molecular weight excluding hydrogens is 271 g/mol. The summed E-state index contributed by atoms with van der Waals surface area (Å²) in [5.74, 6) is 0.248. The van der Waals surface area contributed by atoms with Crippen LogP contribution in [0.15, 0.2) is 24.3 Å². The van der Waals surface area contributed by atoms with Crippen LogP contribution in [0.4, 0.5) is 12.9 Å². The Morgan fingerprint density at radius 3 is 2.50 bits per heavy atom. The van der Waals surface area contributed by atoms with Crippen LogP contribution in [0.3, 0.4) is 0 Å². The maximum absolute atomic E-state index is 12.4. The van der Waals surface area contributed by atoms with Crippen LogP contribution in [0, 0.1) is 0 Å². The number of ether oxygens (including phenoxy) is 2. The van der Waals surface area contributed by atoms with E-state index in [1.807, 2.05) is 6.92 Å². The van der Waals surface area contributed by atoms with Gasteiger partial charge in [-0.25, -0.2) is 0 Å². The monoisotopic (exact) mass is 286 g/mol. The molecule has 0 aromatic heterocycles. The predicted octanol–water partition coefficient (Wildman–Crippen LogP) is -0.450. The first kappa shape index (κ1) is 18.5. The van der Waals surface area contributed by atoms with Crippen molar-refractivity contribution in [1.82, 2.24) is 0 Å². The van der Waals surface area contributed by atoms with Crippen molar-refractivity contribution in [2.45, 2.75) is 13.3 Å². The third-order valence-corrected chi connectivity index (χ3v) is 2.14. The van der Waals surface area contributed by atoms with Gasteiger partial charge in [-0.15, -0.1) is 5.46 Å². The Kier molecular flexibility index (Phi) is 9.63. The first-order valence-electron chi connectivity index (χ1n) is 5.54. The van der Waals surface area contributed by atoms with Gasteiger partial charge in [-0.3, -0.25) is 0 Å². The van der Waals surface area contributed by atoms with Crippen LogP contribution in [0.2, 0.25) is 0 Å². The number of hydrogen-bond donors (Lipinski definition) is 0. The maximum Gasteiger partial charge on any atom is 1.00 e. The zero-order valence-corrected chi connectivity index (χ0v) is 13.8. The van der Waals surface area contributed by atoms with Crippen molar-refractivity contribution < 1.29 is 73.8 Å². The number of hydrogen-bond acceptors (Lipinski definition) is 2. The first-order valence-corrected chi connectivity index (χ1v) is 5.54. The van der Waals surface area contributed by atoms with Gasteiger partial charge >= 0.3 is 58.4 Å². The van der Waals surface area contributed by atoms with E-state index < -0.39 is 12.4 Å². The summed E-state index contributed by atoms with van der Waals surface area (Å²) in [5.41, 5.74) is -0.632. The molecule has 0 heterocycles. The third-order valence-electron chi connectivity index (χ3n) is 2.14. The van der Waals surface area contributed by atoms with Gasteiger partial charge in [0.25, 0.3) is 0 Å². The van der Waals surface area contributed by atoms with Crippen LogP contribution in [0.1, 0.15) is 13.3 Å². The Bertz CT molecular complexity index is 347. The molecule has 0 spiro atoms. The molecule has 1 aromatic rings. The summed E-state index contributed by atoms with van der Waals surface area (Å²) in [4.78, 5) is 0. The Labute approximate surface area is 148 Å². The minimum Gasteiger partial charge on any atom is -0.494 e. The smallest absolute Gasteiger partial charge is 0.494 e. The van der Waals surface area contributed by atoms with Crippen molar-refractivity contribution in [2.75, 3.05) is 19.8 Å². The minimum absolute atomic E-state index is 0. The van der Waals surface area contributed by atoms with Crippen LogP contribution >= 0.6 is 0 Å². The fourth-order valence-electron chi connectivity index (χ4n) is 1.30. The standard InChI is InChI=1S/C11H15BF3O2.K/c1-2-16-7-4-8-17-11-6-3-5-10(9-11)12(13,14)15;/h3,5-6,9H,2,4,7-8H2,1H3;/q-1;+1. The zero-order valence-electron chi connectivity index (χ0n) is 10.7. The molecular formula is C11H15BF3KO2. The van der Waals surface area contributed by atoms with E-state index in [0.29, 0.717) is 26.2 Å². The summed E-state index contributed by atoms with van der Waals surface area (Å²) < 4.78 is 47.6. The fourth-order valence-corrected chi connectivity index (χ4v) is 1.30. The normalized spacial score (nSPS) is 10.9. The van der Waals surface area contributed by atoms with E-state index in [0.717, 1.165) is 12.1 Å². The Morgan fingerprint density at radius 2 is 1.89 bits per heavy atom. The van der Waals surface area contributed by atoms with Gasteiger partial charge in [0.05, 0.1) is 6.61 Å². The molecule has 0 aliphatic heterocycles. The summed E-state index contributed by atoms with van der Waals surface area (Å²) in [6.45, 7) is -1.53. The molecule has 7 heteroatoms. The van der Waals surface area contributed by atoms with Crippen LogP contribution < -0.4 is 61.6 Å². The van der Waals surface area contributed by atoms with Gasteiger partial charge in [-0.1, -0.05) is 12.1 Å². The van der Waals surface area contributed by atoms with Gasteiger partial charge < -0.3 is 22.4 Å². The quantitative estimate of drug-likeness (QED) is 0.499. The van der Waals surface area contributed by atoms with Gasteiger partial charge in [0.15, 0.2) is 0 Å². The Hall–Kier alpha value is 0.471. The molecule has 2 nitrogen and oxygen atoms in total. The molecule has 0 N–H and O–H groups in total. The topological polar surface area (TPSA) is 18.5 Å². The van der Waals surface area contributed by atoms with E-state index in [9.17, 15) is 12.9 Å². The van der Waals surface area contributed by atoms with Crippen LogP contribution in [-0.2, 0) is 4.74 Å². The van der Waals surface area contributed by atoms with E-state index >= 15 is 0 Å². The second-order valence-corrected chi connectivity index (χ2v) is 3.55. The molecule has 0 amide bonds. The molecule has 0 fully saturated rings. The third kappa shape index (κ3) is 7.16. The average Bonchev–Trinajstić information content (AvgIpc) is 2.28.